The van der Waals surface area contributed by atoms with Gasteiger partial charge in [-0.1, -0.05) is 12.1 Å². The van der Waals surface area contributed by atoms with Crippen molar-refractivity contribution in [1.82, 2.24) is 15.3 Å². The largest absolute Gasteiger partial charge is 0.506 e. The molecule has 0 radical (unpaired) electrons. The predicted molar refractivity (Wildman–Crippen MR) is 98.6 cm³/mol. The maximum Gasteiger partial charge on any atom is 0.253 e. The monoisotopic (exact) mass is 385 g/mol. The number of H-pyrrole nitrogens is 1. The molecule has 0 bridgehead atoms. The Hall–Kier alpha value is -3.26. The fraction of sp³-hybridized carbons (Fsp3) is 0.0526. The van der Waals surface area contributed by atoms with Crippen LogP contribution in [0.1, 0.15) is 15.9 Å². The molecule has 3 N–H and O–H groups in total. The number of hydrogen-bond donors (Lipinski definition) is 3. The highest BCUT2D eigenvalue weighted by Gasteiger charge is 2.18. The minimum Gasteiger partial charge on any atom is -0.506 e. The molecular formula is C19H13F2N3O2S. The van der Waals surface area contributed by atoms with Gasteiger partial charge in [0.1, 0.15) is 34.2 Å². The summed E-state index contributed by atoms with van der Waals surface area (Å²) in [7, 11) is 0. The number of phenolic OH excluding ortho intramolecular Hbond substituents is 1. The van der Waals surface area contributed by atoms with Crippen LogP contribution in [0, 0.1) is 11.6 Å². The number of imidazole rings is 1. The van der Waals surface area contributed by atoms with E-state index in [0.717, 1.165) is 17.0 Å². The highest BCUT2D eigenvalue weighted by molar-refractivity contribution is 7.13. The van der Waals surface area contributed by atoms with Crippen LogP contribution in [0.15, 0.2) is 47.8 Å². The number of halogens is 2. The van der Waals surface area contributed by atoms with Gasteiger partial charge in [0.2, 0.25) is 0 Å². The van der Waals surface area contributed by atoms with E-state index in [-0.39, 0.29) is 23.4 Å². The third-order valence-electron chi connectivity index (χ3n) is 4.08. The van der Waals surface area contributed by atoms with Gasteiger partial charge in [0, 0.05) is 18.2 Å². The number of fused-ring (bicyclic) bond motifs is 1. The molecule has 0 saturated heterocycles. The fourth-order valence-electron chi connectivity index (χ4n) is 2.73. The van der Waals surface area contributed by atoms with E-state index in [2.05, 4.69) is 15.3 Å². The number of nitrogens with one attached hydrogen (secondary N) is 2. The van der Waals surface area contributed by atoms with Crippen LogP contribution in [-0.4, -0.2) is 21.0 Å². The van der Waals surface area contributed by atoms with E-state index >= 15 is 0 Å². The lowest BCUT2D eigenvalue weighted by molar-refractivity contribution is 0.0952. The summed E-state index contributed by atoms with van der Waals surface area (Å²) < 4.78 is 26.7. The summed E-state index contributed by atoms with van der Waals surface area (Å²) in [4.78, 5) is 20.9. The summed E-state index contributed by atoms with van der Waals surface area (Å²) in [6, 6.07) is 9.76. The molecule has 0 unspecified atom stereocenters. The number of nitrogens with zero attached hydrogens (tertiary/aromatic N) is 1. The Morgan fingerprint density at radius 2 is 2.07 bits per heavy atom. The van der Waals surface area contributed by atoms with E-state index in [0.29, 0.717) is 16.9 Å². The van der Waals surface area contributed by atoms with Crippen LogP contribution in [0.25, 0.3) is 21.7 Å². The standard InChI is InChI=1S/C19H13F2N3O2S/c20-11-4-3-10(13(21)8-11)9-22-19(26)12-5-6-14(25)17-16(12)23-18(24-17)15-2-1-7-27-15/h1-8,25H,9H2,(H,22,26)(H,23,24). The molecule has 0 fully saturated rings. The first-order chi connectivity index (χ1) is 13.0. The van der Waals surface area contributed by atoms with Crippen molar-refractivity contribution in [2.45, 2.75) is 6.54 Å². The number of aromatic nitrogens is 2. The highest BCUT2D eigenvalue weighted by Crippen LogP contribution is 2.30. The average Bonchev–Trinajstić information content (AvgIpc) is 3.31. The van der Waals surface area contributed by atoms with Crippen molar-refractivity contribution in [3.8, 4) is 16.5 Å². The van der Waals surface area contributed by atoms with Gasteiger partial charge in [0.15, 0.2) is 0 Å². The van der Waals surface area contributed by atoms with Crippen LogP contribution >= 0.6 is 11.3 Å². The van der Waals surface area contributed by atoms with Crippen molar-refractivity contribution < 1.29 is 18.7 Å². The first kappa shape index (κ1) is 17.2. The number of carbonyl (C=O) groups excluding carboxylic acids is 1. The Labute approximate surface area is 156 Å². The molecule has 0 saturated carbocycles. The first-order valence-corrected chi connectivity index (χ1v) is 8.88. The Bertz CT molecular complexity index is 1140. The summed E-state index contributed by atoms with van der Waals surface area (Å²) in [5.41, 5.74) is 1.07. The Morgan fingerprint density at radius 1 is 1.22 bits per heavy atom. The van der Waals surface area contributed by atoms with Crippen LogP contribution in [0.4, 0.5) is 8.78 Å². The molecule has 4 rings (SSSR count). The van der Waals surface area contributed by atoms with Crippen LogP contribution in [0.3, 0.4) is 0 Å². The molecule has 0 spiro atoms. The minimum absolute atomic E-state index is 0.0264. The van der Waals surface area contributed by atoms with E-state index in [1.54, 1.807) is 0 Å². The van der Waals surface area contributed by atoms with Crippen molar-refractivity contribution >= 4 is 28.3 Å². The summed E-state index contributed by atoms with van der Waals surface area (Å²) in [6.45, 7) is -0.102. The van der Waals surface area contributed by atoms with Gasteiger partial charge in [0.25, 0.3) is 5.91 Å². The second-order valence-corrected chi connectivity index (χ2v) is 6.78. The molecule has 0 aliphatic rings. The molecule has 2 heterocycles. The van der Waals surface area contributed by atoms with E-state index in [9.17, 15) is 18.7 Å². The van der Waals surface area contributed by atoms with Crippen molar-refractivity contribution in [3.05, 3.63) is 70.6 Å². The number of hydrogen-bond acceptors (Lipinski definition) is 4. The van der Waals surface area contributed by atoms with Gasteiger partial charge in [-0.2, -0.15) is 0 Å². The summed E-state index contributed by atoms with van der Waals surface area (Å²) >= 11 is 1.47. The lowest BCUT2D eigenvalue weighted by Gasteiger charge is -2.07. The molecule has 5 nitrogen and oxygen atoms in total. The fourth-order valence-corrected chi connectivity index (χ4v) is 3.40. The molecule has 2 aromatic heterocycles. The Morgan fingerprint density at radius 3 is 2.81 bits per heavy atom. The van der Waals surface area contributed by atoms with Gasteiger partial charge >= 0.3 is 0 Å². The Kier molecular flexibility index (Phi) is 4.33. The summed E-state index contributed by atoms with van der Waals surface area (Å²) in [5, 5.41) is 14.6. The molecular weight excluding hydrogens is 372 g/mol. The quantitative estimate of drug-likeness (QED) is 0.493. The van der Waals surface area contributed by atoms with Crippen LogP contribution in [0.5, 0.6) is 5.75 Å². The second-order valence-electron chi connectivity index (χ2n) is 5.84. The summed E-state index contributed by atoms with van der Waals surface area (Å²) in [6.07, 6.45) is 0. The smallest absolute Gasteiger partial charge is 0.253 e. The molecule has 4 aromatic rings. The normalized spacial score (nSPS) is 11.0. The van der Waals surface area contributed by atoms with E-state index in [1.807, 2.05) is 17.5 Å². The van der Waals surface area contributed by atoms with Crippen molar-refractivity contribution in [3.63, 3.8) is 0 Å². The van der Waals surface area contributed by atoms with Crippen molar-refractivity contribution in [1.29, 1.82) is 0 Å². The minimum atomic E-state index is -0.731. The molecule has 1 amide bonds. The van der Waals surface area contributed by atoms with Gasteiger partial charge in [0.05, 0.1) is 10.4 Å². The van der Waals surface area contributed by atoms with Gasteiger partial charge in [-0.15, -0.1) is 11.3 Å². The Balaban J connectivity index is 1.64. The van der Waals surface area contributed by atoms with Gasteiger partial charge in [-0.05, 0) is 29.6 Å². The zero-order chi connectivity index (χ0) is 19.0. The zero-order valence-electron chi connectivity index (χ0n) is 13.8. The number of aromatic amines is 1. The van der Waals surface area contributed by atoms with Crippen molar-refractivity contribution in [2.24, 2.45) is 0 Å². The second kappa shape index (κ2) is 6.81. The molecule has 0 aliphatic carbocycles. The number of phenols is 1. The highest BCUT2D eigenvalue weighted by atomic mass is 32.1. The maximum atomic E-state index is 13.7. The maximum absolute atomic E-state index is 13.7. The van der Waals surface area contributed by atoms with Gasteiger partial charge < -0.3 is 15.4 Å². The third kappa shape index (κ3) is 3.26. The average molecular weight is 385 g/mol. The number of thiophene rings is 1. The van der Waals surface area contributed by atoms with E-state index in [4.69, 9.17) is 0 Å². The van der Waals surface area contributed by atoms with E-state index in [1.165, 1.54) is 29.5 Å². The summed E-state index contributed by atoms with van der Waals surface area (Å²) in [5.74, 6) is -1.37. The van der Waals surface area contributed by atoms with Crippen LogP contribution in [0.2, 0.25) is 0 Å². The molecule has 0 aliphatic heterocycles. The first-order valence-electron chi connectivity index (χ1n) is 8.00. The topological polar surface area (TPSA) is 78.0 Å². The number of amides is 1. The van der Waals surface area contributed by atoms with Crippen LogP contribution < -0.4 is 5.32 Å². The molecule has 27 heavy (non-hydrogen) atoms. The van der Waals surface area contributed by atoms with Crippen molar-refractivity contribution in [2.75, 3.05) is 0 Å². The van der Waals surface area contributed by atoms with Crippen LogP contribution in [-0.2, 0) is 6.54 Å². The van der Waals surface area contributed by atoms with E-state index < -0.39 is 17.5 Å². The number of rotatable bonds is 4. The molecule has 136 valence electrons. The predicted octanol–water partition coefficient (Wildman–Crippen LogP) is 4.21. The lowest BCUT2D eigenvalue weighted by atomic mass is 10.1. The molecule has 8 heteroatoms. The number of aromatic hydroxyl groups is 1. The SMILES string of the molecule is O=C(NCc1ccc(F)cc1F)c1ccc(O)c2[nH]c(-c3cccs3)nc12. The third-order valence-corrected chi connectivity index (χ3v) is 4.95. The number of benzene rings is 2. The molecule has 0 atom stereocenters. The van der Waals surface area contributed by atoms with Gasteiger partial charge in [-0.25, -0.2) is 13.8 Å². The number of carbonyl (C=O) groups is 1. The lowest BCUT2D eigenvalue weighted by Crippen LogP contribution is -2.23. The molecule has 2 aromatic carbocycles. The van der Waals surface area contributed by atoms with Gasteiger partial charge in [-0.3, -0.25) is 4.79 Å². The zero-order valence-corrected chi connectivity index (χ0v) is 14.6.